The number of alkyl halides is 1. The standard InChI is InChI=1S/C31H38ClFN4O/c1-30(2,33)24-13-22-10-11-25(32)15-27(22)28(14-24)34-17-21-7-6-12-31(3,16-21)20-35-29(38)23-18-36-37(19-23)26-8-4-5-9-26/h10-11,13-15,18-21,26,34H,4-9,12,16-17H2,1-3H3. The Labute approximate surface area is 229 Å². The molecule has 5 rings (SSSR count). The van der Waals surface area contributed by atoms with Crippen molar-refractivity contribution < 1.29 is 9.18 Å². The van der Waals surface area contributed by atoms with Crippen molar-refractivity contribution in [2.24, 2.45) is 16.3 Å². The highest BCUT2D eigenvalue weighted by atomic mass is 35.5. The summed E-state index contributed by atoms with van der Waals surface area (Å²) in [5.74, 6) is 0.196. The van der Waals surface area contributed by atoms with E-state index in [0.29, 0.717) is 28.1 Å². The molecular formula is C31H38ClFN4O. The van der Waals surface area contributed by atoms with Crippen LogP contribution in [0.15, 0.2) is 47.7 Å². The van der Waals surface area contributed by atoms with Crippen LogP contribution in [0.1, 0.15) is 94.1 Å². The number of hydrogen-bond donors (Lipinski definition) is 1. The number of nitrogens with zero attached hydrogens (tertiary/aromatic N) is 3. The molecule has 5 nitrogen and oxygen atoms in total. The highest BCUT2D eigenvalue weighted by Crippen LogP contribution is 2.39. The number of nitrogens with one attached hydrogen (secondary N) is 1. The maximum Gasteiger partial charge on any atom is 0.279 e. The second-order valence-corrected chi connectivity index (χ2v) is 12.5. The van der Waals surface area contributed by atoms with E-state index in [1.54, 1.807) is 20.0 Å². The molecule has 1 aromatic heterocycles. The first kappa shape index (κ1) is 26.9. The Bertz CT molecular complexity index is 1340. The van der Waals surface area contributed by atoms with Crippen molar-refractivity contribution in [1.29, 1.82) is 0 Å². The van der Waals surface area contributed by atoms with Crippen LogP contribution in [-0.4, -0.2) is 28.4 Å². The Balaban J connectivity index is 1.26. The number of benzene rings is 2. The fourth-order valence-corrected chi connectivity index (χ4v) is 6.30. The Morgan fingerprint density at radius 1 is 1.24 bits per heavy atom. The zero-order valence-electron chi connectivity index (χ0n) is 22.6. The average molecular weight is 537 g/mol. The van der Waals surface area contributed by atoms with Gasteiger partial charge in [0.15, 0.2) is 0 Å². The van der Waals surface area contributed by atoms with Gasteiger partial charge in [0.1, 0.15) is 5.67 Å². The molecule has 2 unspecified atom stereocenters. The zero-order chi connectivity index (χ0) is 26.9. The van der Waals surface area contributed by atoms with Crippen LogP contribution in [0.25, 0.3) is 10.8 Å². The van der Waals surface area contributed by atoms with Crippen molar-refractivity contribution in [2.45, 2.75) is 83.8 Å². The molecule has 0 spiro atoms. The number of hydrogen-bond acceptors (Lipinski definition) is 3. The molecule has 3 aromatic rings. The third-order valence-electron chi connectivity index (χ3n) is 8.34. The lowest BCUT2D eigenvalue weighted by atomic mass is 9.71. The lowest BCUT2D eigenvalue weighted by molar-refractivity contribution is 0.100. The molecule has 1 amide bonds. The van der Waals surface area contributed by atoms with Gasteiger partial charge in [0, 0.05) is 40.5 Å². The quantitative estimate of drug-likeness (QED) is 0.308. The topological polar surface area (TPSA) is 59.3 Å². The predicted octanol–water partition coefficient (Wildman–Crippen LogP) is 8.53. The minimum atomic E-state index is -1.44. The van der Waals surface area contributed by atoms with Crippen LogP contribution < -0.4 is 5.32 Å². The van der Waals surface area contributed by atoms with Crippen molar-refractivity contribution in [3.8, 4) is 0 Å². The van der Waals surface area contributed by atoms with E-state index in [2.05, 4.69) is 22.3 Å². The molecular weight excluding hydrogens is 499 g/mol. The van der Waals surface area contributed by atoms with Crippen LogP contribution in [0.2, 0.25) is 5.02 Å². The van der Waals surface area contributed by atoms with Gasteiger partial charge in [-0.25, -0.2) is 9.38 Å². The summed E-state index contributed by atoms with van der Waals surface area (Å²) in [4.78, 5) is 17.2. The molecule has 0 radical (unpaired) electrons. The number of aliphatic imine (C=N–C) groups is 1. The molecule has 202 valence electrons. The first-order valence-electron chi connectivity index (χ1n) is 13.9. The Kier molecular flexibility index (Phi) is 7.63. The maximum absolute atomic E-state index is 14.9. The Morgan fingerprint density at radius 2 is 2.03 bits per heavy atom. The minimum absolute atomic E-state index is 0.143. The van der Waals surface area contributed by atoms with Crippen molar-refractivity contribution >= 4 is 40.2 Å². The summed E-state index contributed by atoms with van der Waals surface area (Å²) in [5.41, 5.74) is 0.526. The lowest BCUT2D eigenvalue weighted by Crippen LogP contribution is -2.31. The van der Waals surface area contributed by atoms with Crippen molar-refractivity contribution in [1.82, 2.24) is 9.78 Å². The van der Waals surface area contributed by atoms with Gasteiger partial charge in [0.2, 0.25) is 0 Å². The van der Waals surface area contributed by atoms with Gasteiger partial charge in [-0.15, -0.1) is 0 Å². The van der Waals surface area contributed by atoms with E-state index in [4.69, 9.17) is 11.6 Å². The smallest absolute Gasteiger partial charge is 0.279 e. The molecule has 2 aliphatic rings. The molecule has 2 aromatic carbocycles. The first-order valence-corrected chi connectivity index (χ1v) is 14.3. The number of halogens is 2. The molecule has 2 aliphatic carbocycles. The summed E-state index contributed by atoms with van der Waals surface area (Å²) in [7, 11) is 0. The van der Waals surface area contributed by atoms with Gasteiger partial charge in [-0.05, 0) is 87.1 Å². The van der Waals surface area contributed by atoms with Gasteiger partial charge in [-0.2, -0.15) is 5.10 Å². The number of amides is 1. The molecule has 1 heterocycles. The summed E-state index contributed by atoms with van der Waals surface area (Å²) in [6.45, 7) is 6.13. The van der Waals surface area contributed by atoms with Crippen molar-refractivity contribution in [2.75, 3.05) is 11.9 Å². The third kappa shape index (κ3) is 6.12. The summed E-state index contributed by atoms with van der Waals surface area (Å²) in [6, 6.07) is 9.95. The summed E-state index contributed by atoms with van der Waals surface area (Å²) in [5, 5.41) is 10.7. The fraction of sp³-hybridized carbons (Fsp3) is 0.516. The number of fused-ring (bicyclic) bond motifs is 1. The third-order valence-corrected chi connectivity index (χ3v) is 8.58. The highest BCUT2D eigenvalue weighted by molar-refractivity contribution is 6.31. The summed E-state index contributed by atoms with van der Waals surface area (Å²) in [6.07, 6.45) is 14.2. The first-order chi connectivity index (χ1) is 18.1. The van der Waals surface area contributed by atoms with Crippen LogP contribution in [0.5, 0.6) is 0 Å². The van der Waals surface area contributed by atoms with Crippen LogP contribution in [0, 0.1) is 11.3 Å². The Morgan fingerprint density at radius 3 is 2.79 bits per heavy atom. The van der Waals surface area contributed by atoms with Gasteiger partial charge in [-0.3, -0.25) is 9.48 Å². The van der Waals surface area contributed by atoms with Crippen molar-refractivity contribution in [3.63, 3.8) is 0 Å². The van der Waals surface area contributed by atoms with Crippen LogP contribution in [0.3, 0.4) is 0 Å². The lowest BCUT2D eigenvalue weighted by Gasteiger charge is -2.35. The highest BCUT2D eigenvalue weighted by Gasteiger charge is 2.31. The number of anilines is 1. The Hall–Kier alpha value is -2.73. The second-order valence-electron chi connectivity index (χ2n) is 12.1. The predicted molar refractivity (Wildman–Crippen MR) is 154 cm³/mol. The summed E-state index contributed by atoms with van der Waals surface area (Å²) < 4.78 is 16.8. The molecule has 0 bridgehead atoms. The number of carbonyl (C=O) groups is 1. The van der Waals surface area contributed by atoms with E-state index in [1.807, 2.05) is 47.4 Å². The minimum Gasteiger partial charge on any atom is -0.384 e. The van der Waals surface area contributed by atoms with E-state index < -0.39 is 5.67 Å². The van der Waals surface area contributed by atoms with Gasteiger partial charge < -0.3 is 5.32 Å². The van der Waals surface area contributed by atoms with Crippen LogP contribution >= 0.6 is 11.6 Å². The second kappa shape index (κ2) is 10.8. The number of carbonyl (C=O) groups excluding carboxylic acids is 1. The average Bonchev–Trinajstić information content (AvgIpc) is 3.58. The van der Waals surface area contributed by atoms with Gasteiger partial charge in [-0.1, -0.05) is 43.9 Å². The van der Waals surface area contributed by atoms with E-state index in [9.17, 15) is 9.18 Å². The number of rotatable bonds is 7. The molecule has 2 saturated carbocycles. The number of aromatic nitrogens is 2. The normalized spacial score (nSPS) is 22.9. The molecule has 1 N–H and O–H groups in total. The van der Waals surface area contributed by atoms with E-state index in [1.165, 1.54) is 12.8 Å². The molecule has 2 fully saturated rings. The molecule has 7 heteroatoms. The summed E-state index contributed by atoms with van der Waals surface area (Å²) >= 11 is 6.30. The molecule has 0 aliphatic heterocycles. The van der Waals surface area contributed by atoms with Gasteiger partial charge in [0.25, 0.3) is 5.91 Å². The fourth-order valence-electron chi connectivity index (χ4n) is 6.13. The monoisotopic (exact) mass is 536 g/mol. The van der Waals surface area contributed by atoms with Gasteiger partial charge >= 0.3 is 0 Å². The molecule has 0 saturated heterocycles. The van der Waals surface area contributed by atoms with Crippen LogP contribution in [-0.2, 0) is 5.67 Å². The van der Waals surface area contributed by atoms with E-state index in [0.717, 1.165) is 61.5 Å². The van der Waals surface area contributed by atoms with E-state index >= 15 is 0 Å². The maximum atomic E-state index is 14.9. The SMILES string of the molecule is CC1(C=NC(=O)c2cnn(C3CCCC3)c2)CCCC(CNc2cc(C(C)(C)F)cc3ccc(Cl)cc23)C1. The molecule has 38 heavy (non-hydrogen) atoms. The van der Waals surface area contributed by atoms with E-state index in [-0.39, 0.29) is 11.3 Å². The van der Waals surface area contributed by atoms with Crippen LogP contribution in [0.4, 0.5) is 10.1 Å². The largest absolute Gasteiger partial charge is 0.384 e. The van der Waals surface area contributed by atoms with Crippen molar-refractivity contribution in [3.05, 3.63) is 58.9 Å². The zero-order valence-corrected chi connectivity index (χ0v) is 23.4. The molecule has 2 atom stereocenters. The van der Waals surface area contributed by atoms with Gasteiger partial charge in [0.05, 0.1) is 17.8 Å².